The van der Waals surface area contributed by atoms with Crippen LogP contribution in [0.25, 0.3) is 0 Å². The molecule has 584 valence electrons. The maximum Gasteiger partial charge on any atom is 0.472 e. The first-order valence-corrected chi connectivity index (χ1v) is 43.7. The highest BCUT2D eigenvalue weighted by Crippen LogP contribution is 2.43. The van der Waals surface area contributed by atoms with E-state index in [4.69, 9.17) is 18.5 Å². The van der Waals surface area contributed by atoms with E-state index in [9.17, 15) is 19.0 Å². The molecule has 0 aliphatic heterocycles. The molecule has 0 saturated heterocycles. The summed E-state index contributed by atoms with van der Waals surface area (Å²) in [6.07, 6.45) is 121. The number of rotatable bonds is 77. The van der Waals surface area contributed by atoms with E-state index in [2.05, 4.69) is 172 Å². The maximum atomic E-state index is 12.9. The van der Waals surface area contributed by atoms with E-state index >= 15 is 0 Å². The van der Waals surface area contributed by atoms with Crippen LogP contribution in [0, 0.1) is 0 Å². The summed E-state index contributed by atoms with van der Waals surface area (Å²) in [4.78, 5) is 36.0. The molecule has 0 fully saturated rings. The summed E-state index contributed by atoms with van der Waals surface area (Å²) in [6, 6.07) is 0. The number of esters is 2. The van der Waals surface area contributed by atoms with E-state index < -0.39 is 26.5 Å². The summed E-state index contributed by atoms with van der Waals surface area (Å²) < 4.78 is 34.9. The summed E-state index contributed by atoms with van der Waals surface area (Å²) in [5.74, 6) is -0.793. The van der Waals surface area contributed by atoms with Crippen molar-refractivity contribution >= 4 is 19.8 Å². The average molecular weight is 1440 g/mol. The number of phosphoric ester groups is 1. The Bertz CT molecular complexity index is 2290. The molecule has 0 rings (SSSR count). The van der Waals surface area contributed by atoms with Gasteiger partial charge in [0, 0.05) is 12.8 Å². The number of ether oxygens (including phenoxy) is 2. The maximum absolute atomic E-state index is 12.9. The van der Waals surface area contributed by atoms with Crippen LogP contribution in [0.3, 0.4) is 0 Å². The molecule has 0 bridgehead atoms. The van der Waals surface area contributed by atoms with Crippen LogP contribution in [0.15, 0.2) is 158 Å². The first kappa shape index (κ1) is 97.6. The van der Waals surface area contributed by atoms with Gasteiger partial charge in [-0.05, 0) is 122 Å². The molecule has 0 amide bonds. The summed E-state index contributed by atoms with van der Waals surface area (Å²) in [7, 11) is 1.47. The quantitative estimate of drug-likeness (QED) is 0.0211. The van der Waals surface area contributed by atoms with Crippen molar-refractivity contribution < 1.29 is 42.1 Å². The van der Waals surface area contributed by atoms with Gasteiger partial charge in [-0.3, -0.25) is 18.6 Å². The van der Waals surface area contributed by atoms with Gasteiger partial charge in [0.05, 0.1) is 27.7 Å². The van der Waals surface area contributed by atoms with Crippen molar-refractivity contribution in [3.63, 3.8) is 0 Å². The zero-order valence-electron chi connectivity index (χ0n) is 66.8. The Balaban J connectivity index is 3.96. The number of hydrogen-bond donors (Lipinski definition) is 1. The Kier molecular flexibility index (Phi) is 77.3. The van der Waals surface area contributed by atoms with Gasteiger partial charge in [-0.25, -0.2) is 4.57 Å². The first-order valence-electron chi connectivity index (χ1n) is 42.2. The SMILES string of the molecule is CC/C=C\C/C=C\C/C=C\C/C=C\C/C=C\C/C=C\C/C=C\C/C=C\C/C=C\CCCCCCCCCCCCCC(=O)OC(COC(=O)CCCCCCCCCCCCCCCCCCCCCCCCCCCC/C=C\C/C=C\C/C=C\C/C=C\CC)COP(=O)(O)OCC[N+](C)(C)C. The smallest absolute Gasteiger partial charge is 0.462 e. The van der Waals surface area contributed by atoms with Crippen LogP contribution in [-0.2, 0) is 32.7 Å². The van der Waals surface area contributed by atoms with Gasteiger partial charge in [0.25, 0.3) is 0 Å². The lowest BCUT2D eigenvalue weighted by Gasteiger charge is -2.24. The molecule has 2 atom stereocenters. The highest BCUT2D eigenvalue weighted by molar-refractivity contribution is 7.47. The number of hydrogen-bond acceptors (Lipinski definition) is 7. The number of allylic oxidation sites excluding steroid dienone is 26. The van der Waals surface area contributed by atoms with Crippen LogP contribution in [0.1, 0.15) is 361 Å². The number of likely N-dealkylation sites (N-methyl/N-ethyl adjacent to an activating group) is 1. The molecule has 102 heavy (non-hydrogen) atoms. The third-order valence-electron chi connectivity index (χ3n) is 18.1. The summed E-state index contributed by atoms with van der Waals surface area (Å²) in [6.45, 7) is 4.23. The molecule has 9 nitrogen and oxygen atoms in total. The molecule has 0 aromatic carbocycles. The summed E-state index contributed by atoms with van der Waals surface area (Å²) in [5.41, 5.74) is 0. The molecule has 0 spiro atoms. The van der Waals surface area contributed by atoms with E-state index in [1.165, 1.54) is 199 Å². The Morgan fingerprint density at radius 1 is 0.304 bits per heavy atom. The Morgan fingerprint density at radius 2 is 0.529 bits per heavy atom. The second kappa shape index (κ2) is 80.7. The molecule has 2 unspecified atom stereocenters. The highest BCUT2D eigenvalue weighted by Gasteiger charge is 2.27. The normalized spacial score (nSPS) is 13.8. The zero-order valence-corrected chi connectivity index (χ0v) is 67.7. The predicted molar refractivity (Wildman–Crippen MR) is 445 cm³/mol. The van der Waals surface area contributed by atoms with Gasteiger partial charge in [0.15, 0.2) is 6.10 Å². The number of quaternary nitrogens is 1. The van der Waals surface area contributed by atoms with E-state index in [-0.39, 0.29) is 32.0 Å². The van der Waals surface area contributed by atoms with Crippen LogP contribution < -0.4 is 0 Å². The van der Waals surface area contributed by atoms with Crippen molar-refractivity contribution in [2.45, 2.75) is 367 Å². The monoisotopic (exact) mass is 1440 g/mol. The standard InChI is InChI=1S/C92H158NO8P/c1-6-8-10-12-14-16-18-20-22-24-26-28-30-32-34-36-38-40-42-44-46-48-50-52-54-56-58-60-62-64-66-68-70-72-74-76-78-80-82-84-91(94)98-88-90(89-100-102(96,97)99-87-86-93(3,4)5)101-92(95)85-83-81-79-77-75-73-71-69-67-65-63-61-59-57-55-53-51-49-47-45-43-41-39-37-35-33-31-29-27-25-23-21-19-17-15-13-11-9-7-2/h8-11,14-17,20-23,26-29,33,35,39,41,45,47,51,53,57,59,90H,6-7,12-13,18-19,24-25,30-32,34,36-38,40,42-44,46,48-50,52,54-56,58,60-89H2,1-5H3/p+1/b10-8-,11-9-,16-14-,17-15-,22-20-,23-21-,28-26-,29-27-,35-33-,41-39-,47-45-,53-51-,59-57-. The molecule has 1 N–H and O–H groups in total. The Labute approximate surface area is 630 Å². The van der Waals surface area contributed by atoms with Crippen molar-refractivity contribution in [2.75, 3.05) is 47.5 Å². The minimum absolute atomic E-state index is 0.0269. The highest BCUT2D eigenvalue weighted by atomic mass is 31.2. The van der Waals surface area contributed by atoms with Crippen LogP contribution in [0.5, 0.6) is 0 Å². The number of nitrogens with zero attached hydrogens (tertiary/aromatic N) is 1. The average Bonchev–Trinajstić information content (AvgIpc) is 0.914. The number of phosphoric acid groups is 1. The minimum Gasteiger partial charge on any atom is -0.462 e. The predicted octanol–water partition coefficient (Wildman–Crippen LogP) is 28.6. The second-order valence-corrected chi connectivity index (χ2v) is 30.6. The number of unbranched alkanes of at least 4 members (excludes halogenated alkanes) is 37. The van der Waals surface area contributed by atoms with E-state index in [0.717, 1.165) is 128 Å². The van der Waals surface area contributed by atoms with Crippen molar-refractivity contribution in [2.24, 2.45) is 0 Å². The van der Waals surface area contributed by atoms with Crippen LogP contribution in [-0.4, -0.2) is 74.9 Å². The molecule has 10 heteroatoms. The van der Waals surface area contributed by atoms with Gasteiger partial charge in [0.1, 0.15) is 19.8 Å². The van der Waals surface area contributed by atoms with Gasteiger partial charge in [-0.2, -0.15) is 0 Å². The molecule has 0 heterocycles. The number of carbonyl (C=O) groups excluding carboxylic acids is 2. The summed E-state index contributed by atoms with van der Waals surface area (Å²) >= 11 is 0. The Hall–Kier alpha value is -4.37. The van der Waals surface area contributed by atoms with Gasteiger partial charge < -0.3 is 18.9 Å². The fraction of sp³-hybridized carbons (Fsp3) is 0.696. The van der Waals surface area contributed by atoms with Gasteiger partial charge in [0.2, 0.25) is 0 Å². The van der Waals surface area contributed by atoms with Crippen molar-refractivity contribution in [1.29, 1.82) is 0 Å². The third-order valence-corrected chi connectivity index (χ3v) is 19.0. The molecule has 0 aliphatic rings. The lowest BCUT2D eigenvalue weighted by molar-refractivity contribution is -0.870. The fourth-order valence-corrected chi connectivity index (χ4v) is 12.5. The molecular formula is C92H159NO8P+. The molecule has 0 saturated carbocycles. The van der Waals surface area contributed by atoms with E-state index in [0.29, 0.717) is 17.4 Å². The minimum atomic E-state index is -4.41. The lowest BCUT2D eigenvalue weighted by atomic mass is 10.0. The molecular weight excluding hydrogens is 1280 g/mol. The van der Waals surface area contributed by atoms with Crippen molar-refractivity contribution in [3.05, 3.63) is 158 Å². The molecule has 0 aromatic rings. The zero-order chi connectivity index (χ0) is 74.0. The van der Waals surface area contributed by atoms with Crippen molar-refractivity contribution in [1.82, 2.24) is 0 Å². The van der Waals surface area contributed by atoms with Gasteiger partial charge in [-0.1, -0.05) is 384 Å². The largest absolute Gasteiger partial charge is 0.472 e. The Morgan fingerprint density at radius 3 is 0.784 bits per heavy atom. The van der Waals surface area contributed by atoms with Crippen molar-refractivity contribution in [3.8, 4) is 0 Å². The number of carbonyl (C=O) groups is 2. The topological polar surface area (TPSA) is 108 Å². The van der Waals surface area contributed by atoms with Crippen LogP contribution >= 0.6 is 7.82 Å². The molecule has 0 aromatic heterocycles. The van der Waals surface area contributed by atoms with Gasteiger partial charge in [-0.15, -0.1) is 0 Å². The van der Waals surface area contributed by atoms with Crippen LogP contribution in [0.2, 0.25) is 0 Å². The summed E-state index contributed by atoms with van der Waals surface area (Å²) in [5, 5.41) is 0. The molecule has 0 radical (unpaired) electrons. The first-order chi connectivity index (χ1) is 50.0. The second-order valence-electron chi connectivity index (χ2n) is 29.1. The fourth-order valence-electron chi connectivity index (χ4n) is 11.7. The molecule has 0 aliphatic carbocycles. The van der Waals surface area contributed by atoms with Gasteiger partial charge >= 0.3 is 19.8 Å². The van der Waals surface area contributed by atoms with Crippen LogP contribution in [0.4, 0.5) is 0 Å². The lowest BCUT2D eigenvalue weighted by Crippen LogP contribution is -2.37. The van der Waals surface area contributed by atoms with E-state index in [1.807, 2.05) is 21.1 Å². The third kappa shape index (κ3) is 84.6. The van der Waals surface area contributed by atoms with E-state index in [1.54, 1.807) is 0 Å².